The number of hydrogen-bond donors (Lipinski definition) is 1. The molecule has 1 aliphatic rings. The van der Waals surface area contributed by atoms with E-state index in [0.29, 0.717) is 12.0 Å². The highest BCUT2D eigenvalue weighted by Crippen LogP contribution is 2.22. The molecule has 1 heterocycles. The van der Waals surface area contributed by atoms with Crippen LogP contribution in [0.4, 0.5) is 5.69 Å². The molecular weight excluding hydrogens is 270 g/mol. The molecule has 1 aromatic rings. The summed E-state index contributed by atoms with van der Waals surface area (Å²) in [4.78, 5) is 4.95. The van der Waals surface area contributed by atoms with E-state index >= 15 is 0 Å². The molecule has 0 spiro atoms. The number of halogens is 1. The maximum atomic E-state index is 6.07. The Kier molecular flexibility index (Phi) is 5.70. The molecule has 1 saturated heterocycles. The van der Waals surface area contributed by atoms with Crippen molar-refractivity contribution in [2.24, 2.45) is 11.7 Å². The molecule has 0 radical (unpaired) electrons. The fraction of sp³-hybridized carbons (Fsp3) is 0.625. The number of rotatable bonds is 5. The normalized spacial score (nSPS) is 18.6. The molecule has 112 valence electrons. The molecule has 0 bridgehead atoms. The van der Waals surface area contributed by atoms with Gasteiger partial charge in [0.2, 0.25) is 0 Å². The van der Waals surface area contributed by atoms with Gasteiger partial charge in [-0.25, -0.2) is 0 Å². The van der Waals surface area contributed by atoms with Gasteiger partial charge in [-0.3, -0.25) is 4.90 Å². The summed E-state index contributed by atoms with van der Waals surface area (Å²) < 4.78 is 0. The van der Waals surface area contributed by atoms with Gasteiger partial charge in [-0.05, 0) is 30.5 Å². The van der Waals surface area contributed by atoms with Crippen LogP contribution in [0.2, 0.25) is 5.02 Å². The molecule has 0 aliphatic carbocycles. The molecule has 3 nitrogen and oxygen atoms in total. The lowest BCUT2D eigenvalue weighted by Crippen LogP contribution is -2.52. The van der Waals surface area contributed by atoms with Crippen LogP contribution in [0.1, 0.15) is 20.3 Å². The molecule has 1 unspecified atom stereocenters. The Bertz CT molecular complexity index is 414. The molecular formula is C16H26ClN3. The molecule has 1 aliphatic heterocycles. The summed E-state index contributed by atoms with van der Waals surface area (Å²) in [5, 5.41) is 0.810. The largest absolute Gasteiger partial charge is 0.369 e. The summed E-state index contributed by atoms with van der Waals surface area (Å²) in [5.74, 6) is 0.703. The molecule has 2 N–H and O–H groups in total. The predicted molar refractivity (Wildman–Crippen MR) is 87.5 cm³/mol. The minimum Gasteiger partial charge on any atom is -0.369 e. The van der Waals surface area contributed by atoms with Crippen LogP contribution in [0.25, 0.3) is 0 Å². The Morgan fingerprint density at radius 2 is 1.90 bits per heavy atom. The van der Waals surface area contributed by atoms with Crippen LogP contribution in [0.3, 0.4) is 0 Å². The molecule has 2 rings (SSSR count). The Morgan fingerprint density at radius 1 is 1.20 bits per heavy atom. The smallest absolute Gasteiger partial charge is 0.0426 e. The standard InChI is InChI=1S/C16H26ClN3/c1-13(2)10-16(12-18)20-8-6-19(7-9-20)15-5-3-4-14(17)11-15/h3-5,11,13,16H,6-10,12,18H2,1-2H3. The third kappa shape index (κ3) is 4.11. The zero-order valence-electron chi connectivity index (χ0n) is 12.6. The Balaban J connectivity index is 1.91. The van der Waals surface area contributed by atoms with Gasteiger partial charge in [-0.2, -0.15) is 0 Å². The molecule has 0 aromatic heterocycles. The molecule has 4 heteroatoms. The van der Waals surface area contributed by atoms with E-state index in [1.807, 2.05) is 18.2 Å². The second-order valence-corrected chi connectivity index (χ2v) is 6.46. The third-order valence-corrected chi connectivity index (χ3v) is 4.25. The van der Waals surface area contributed by atoms with E-state index in [0.717, 1.165) is 37.7 Å². The van der Waals surface area contributed by atoms with Crippen LogP contribution in [-0.4, -0.2) is 43.7 Å². The van der Waals surface area contributed by atoms with Gasteiger partial charge in [0.05, 0.1) is 0 Å². The summed E-state index contributed by atoms with van der Waals surface area (Å²) in [6.07, 6.45) is 1.19. The molecule has 0 amide bonds. The van der Waals surface area contributed by atoms with Gasteiger partial charge in [0.15, 0.2) is 0 Å². The lowest BCUT2D eigenvalue weighted by molar-refractivity contribution is 0.168. The summed E-state index contributed by atoms with van der Waals surface area (Å²) in [5.41, 5.74) is 7.17. The highest BCUT2D eigenvalue weighted by Gasteiger charge is 2.23. The Morgan fingerprint density at radius 3 is 2.45 bits per heavy atom. The highest BCUT2D eigenvalue weighted by molar-refractivity contribution is 6.30. The summed E-state index contributed by atoms with van der Waals surface area (Å²) >= 11 is 6.07. The van der Waals surface area contributed by atoms with Gasteiger partial charge in [-0.1, -0.05) is 31.5 Å². The van der Waals surface area contributed by atoms with Crippen molar-refractivity contribution in [3.05, 3.63) is 29.3 Å². The van der Waals surface area contributed by atoms with Crippen LogP contribution in [0, 0.1) is 5.92 Å². The van der Waals surface area contributed by atoms with Gasteiger partial charge in [0.25, 0.3) is 0 Å². The van der Waals surface area contributed by atoms with E-state index in [4.69, 9.17) is 17.3 Å². The first-order chi connectivity index (χ1) is 9.60. The van der Waals surface area contributed by atoms with Crippen molar-refractivity contribution >= 4 is 17.3 Å². The lowest BCUT2D eigenvalue weighted by atomic mass is 10.0. The summed E-state index contributed by atoms with van der Waals surface area (Å²) in [6, 6.07) is 8.65. The van der Waals surface area contributed by atoms with E-state index in [1.54, 1.807) is 0 Å². The first-order valence-corrected chi connectivity index (χ1v) is 7.92. The van der Waals surface area contributed by atoms with Crippen LogP contribution >= 0.6 is 11.6 Å². The van der Waals surface area contributed by atoms with Gasteiger partial charge < -0.3 is 10.6 Å². The van der Waals surface area contributed by atoms with Crippen LogP contribution < -0.4 is 10.6 Å². The van der Waals surface area contributed by atoms with Gasteiger partial charge in [0, 0.05) is 49.5 Å². The molecule has 1 atom stereocenters. The number of nitrogens with two attached hydrogens (primary N) is 1. The second-order valence-electron chi connectivity index (χ2n) is 6.02. The Labute approximate surface area is 127 Å². The lowest BCUT2D eigenvalue weighted by Gasteiger charge is -2.40. The monoisotopic (exact) mass is 295 g/mol. The predicted octanol–water partition coefficient (Wildman–Crippen LogP) is 2.84. The number of piperazine rings is 1. The maximum absolute atomic E-state index is 6.07. The van der Waals surface area contributed by atoms with E-state index in [1.165, 1.54) is 12.1 Å². The van der Waals surface area contributed by atoms with Crippen molar-refractivity contribution in [2.45, 2.75) is 26.3 Å². The average molecular weight is 296 g/mol. The van der Waals surface area contributed by atoms with Gasteiger partial charge in [0.1, 0.15) is 0 Å². The zero-order chi connectivity index (χ0) is 14.5. The summed E-state index contributed by atoms with van der Waals surface area (Å²) in [7, 11) is 0. The fourth-order valence-corrected chi connectivity index (χ4v) is 3.14. The zero-order valence-corrected chi connectivity index (χ0v) is 13.3. The van der Waals surface area contributed by atoms with E-state index < -0.39 is 0 Å². The molecule has 20 heavy (non-hydrogen) atoms. The van der Waals surface area contributed by atoms with Crippen molar-refractivity contribution in [1.82, 2.24) is 4.90 Å². The minimum atomic E-state index is 0.525. The molecule has 1 aromatic carbocycles. The van der Waals surface area contributed by atoms with E-state index in [-0.39, 0.29) is 0 Å². The van der Waals surface area contributed by atoms with Crippen molar-refractivity contribution < 1.29 is 0 Å². The number of nitrogens with zero attached hydrogens (tertiary/aromatic N) is 2. The number of anilines is 1. The quantitative estimate of drug-likeness (QED) is 0.907. The SMILES string of the molecule is CC(C)CC(CN)N1CCN(c2cccc(Cl)c2)CC1. The number of hydrogen-bond acceptors (Lipinski definition) is 3. The number of benzene rings is 1. The van der Waals surface area contributed by atoms with E-state index in [2.05, 4.69) is 29.7 Å². The van der Waals surface area contributed by atoms with Gasteiger partial charge >= 0.3 is 0 Å². The minimum absolute atomic E-state index is 0.525. The van der Waals surface area contributed by atoms with Crippen molar-refractivity contribution in [3.8, 4) is 0 Å². The highest BCUT2D eigenvalue weighted by atomic mass is 35.5. The second kappa shape index (κ2) is 7.30. The maximum Gasteiger partial charge on any atom is 0.0426 e. The first-order valence-electron chi connectivity index (χ1n) is 7.54. The summed E-state index contributed by atoms with van der Waals surface area (Å²) in [6.45, 7) is 9.57. The first kappa shape index (κ1) is 15.6. The average Bonchev–Trinajstić information content (AvgIpc) is 2.45. The van der Waals surface area contributed by atoms with E-state index in [9.17, 15) is 0 Å². The Hall–Kier alpha value is -0.770. The topological polar surface area (TPSA) is 32.5 Å². The molecule has 0 saturated carbocycles. The van der Waals surface area contributed by atoms with Crippen LogP contribution in [-0.2, 0) is 0 Å². The third-order valence-electron chi connectivity index (χ3n) is 4.02. The van der Waals surface area contributed by atoms with Crippen LogP contribution in [0.5, 0.6) is 0 Å². The van der Waals surface area contributed by atoms with Crippen molar-refractivity contribution in [1.29, 1.82) is 0 Å². The van der Waals surface area contributed by atoms with Crippen molar-refractivity contribution in [3.63, 3.8) is 0 Å². The fourth-order valence-electron chi connectivity index (χ4n) is 2.96. The van der Waals surface area contributed by atoms with Crippen LogP contribution in [0.15, 0.2) is 24.3 Å². The molecule has 1 fully saturated rings. The van der Waals surface area contributed by atoms with Crippen molar-refractivity contribution in [2.75, 3.05) is 37.6 Å². The van der Waals surface area contributed by atoms with Gasteiger partial charge in [-0.15, -0.1) is 0 Å².